The van der Waals surface area contributed by atoms with Gasteiger partial charge in [0.2, 0.25) is 0 Å². The third kappa shape index (κ3) is 2.79. The van der Waals surface area contributed by atoms with E-state index in [9.17, 15) is 9.35 Å². The molecule has 2 heterocycles. The van der Waals surface area contributed by atoms with Crippen molar-refractivity contribution in [3.63, 3.8) is 0 Å². The molecule has 0 spiro atoms. The van der Waals surface area contributed by atoms with E-state index in [4.69, 9.17) is 0 Å². The molecule has 0 amide bonds. The minimum Gasteiger partial charge on any atom is -0.616 e. The highest BCUT2D eigenvalue weighted by atomic mass is 32.2. The van der Waals surface area contributed by atoms with Crippen molar-refractivity contribution in [1.29, 1.82) is 0 Å². The Bertz CT molecular complexity index is 772. The summed E-state index contributed by atoms with van der Waals surface area (Å²) < 4.78 is 12.2. The Hall–Kier alpha value is -1.30. The smallest absolute Gasteiger partial charge is 0.178 e. The number of aromatic nitrogens is 1. The molecule has 4 rings (SSSR count). The van der Waals surface area contributed by atoms with E-state index >= 15 is 0 Å². The largest absolute Gasteiger partial charge is 0.616 e. The van der Waals surface area contributed by atoms with Crippen molar-refractivity contribution in [2.45, 2.75) is 31.7 Å². The fourth-order valence-electron chi connectivity index (χ4n) is 4.72. The van der Waals surface area contributed by atoms with Gasteiger partial charge in [-0.15, -0.1) is 0 Å². The van der Waals surface area contributed by atoms with Gasteiger partial charge in [0, 0.05) is 41.5 Å². The van der Waals surface area contributed by atoms with Crippen molar-refractivity contribution in [3.8, 4) is 0 Å². The third-order valence-corrected chi connectivity index (χ3v) is 7.17. The van der Waals surface area contributed by atoms with E-state index in [2.05, 4.69) is 41.3 Å². The van der Waals surface area contributed by atoms with Gasteiger partial charge < -0.3 is 14.4 Å². The second-order valence-corrected chi connectivity index (χ2v) is 8.96. The molecule has 5 heteroatoms. The first-order valence-electron chi connectivity index (χ1n) is 8.66. The molecule has 24 heavy (non-hydrogen) atoms. The lowest BCUT2D eigenvalue weighted by molar-refractivity contribution is -0.114. The predicted molar refractivity (Wildman–Crippen MR) is 97.8 cm³/mol. The Morgan fingerprint density at radius 3 is 3.08 bits per heavy atom. The summed E-state index contributed by atoms with van der Waals surface area (Å²) in [5.74, 6) is 1.76. The van der Waals surface area contributed by atoms with Gasteiger partial charge >= 0.3 is 0 Å². The number of aromatic amines is 1. The van der Waals surface area contributed by atoms with Crippen molar-refractivity contribution in [1.82, 2.24) is 9.88 Å². The molecular weight excluding hydrogens is 320 g/mol. The van der Waals surface area contributed by atoms with Gasteiger partial charge in [-0.3, -0.25) is 4.79 Å². The molecule has 1 unspecified atom stereocenters. The SMILES string of the molecule is CC(=O)C[S+]([O-])C[C@@H]1C[C@@H]2c3cccc4[nH]cc(c34)C[C@H]2N(C)C1. The summed E-state index contributed by atoms with van der Waals surface area (Å²) in [7, 11) is 2.19. The molecule has 1 aromatic heterocycles. The molecule has 0 saturated carbocycles. The number of piperidine rings is 1. The van der Waals surface area contributed by atoms with Gasteiger partial charge in [-0.05, 0) is 55.2 Å². The van der Waals surface area contributed by atoms with Crippen LogP contribution in [-0.2, 0) is 22.4 Å². The summed E-state index contributed by atoms with van der Waals surface area (Å²) in [5, 5.41) is 1.40. The molecule has 1 aromatic carbocycles. The minimum absolute atomic E-state index is 0.0229. The number of ketones is 1. The number of H-pyrrole nitrogens is 1. The molecule has 2 aliphatic rings. The monoisotopic (exact) mass is 344 g/mol. The van der Waals surface area contributed by atoms with Crippen LogP contribution in [0.3, 0.4) is 0 Å². The van der Waals surface area contributed by atoms with Crippen LogP contribution >= 0.6 is 0 Å². The number of rotatable bonds is 4. The van der Waals surface area contributed by atoms with Crippen molar-refractivity contribution < 1.29 is 9.35 Å². The lowest BCUT2D eigenvalue weighted by atomic mass is 9.73. The normalized spacial score (nSPS) is 27.9. The van der Waals surface area contributed by atoms with Gasteiger partial charge in [0.25, 0.3) is 0 Å². The number of carbonyl (C=O) groups excluding carboxylic acids is 1. The molecule has 0 bridgehead atoms. The standard InChI is InChI=1S/C19H24N2O2S/c1-12(22)10-24(23)11-13-6-16-15-4-3-5-17-19(15)14(8-20-17)7-18(16)21(2)9-13/h3-5,8,13,16,18,20H,6-7,9-11H2,1-2H3/t13-,16-,18-,24?/m1/s1. The minimum atomic E-state index is -1.03. The number of benzene rings is 1. The van der Waals surface area contributed by atoms with Gasteiger partial charge in [0.05, 0.1) is 0 Å². The molecule has 1 aliphatic heterocycles. The summed E-state index contributed by atoms with van der Waals surface area (Å²) >= 11 is -1.03. The fraction of sp³-hybridized carbons (Fsp3) is 0.526. The maximum absolute atomic E-state index is 12.2. The zero-order valence-corrected chi connectivity index (χ0v) is 15.1. The van der Waals surface area contributed by atoms with Gasteiger partial charge in [-0.1, -0.05) is 12.1 Å². The molecular formula is C19H24N2O2S. The van der Waals surface area contributed by atoms with Crippen molar-refractivity contribution in [3.05, 3.63) is 35.5 Å². The number of carbonyl (C=O) groups is 1. The van der Waals surface area contributed by atoms with E-state index < -0.39 is 11.2 Å². The zero-order chi connectivity index (χ0) is 16.8. The van der Waals surface area contributed by atoms with Crippen LogP contribution in [0.5, 0.6) is 0 Å². The molecule has 128 valence electrons. The number of fused-ring (bicyclic) bond motifs is 2. The number of hydrogen-bond donors (Lipinski definition) is 1. The number of likely N-dealkylation sites (N-methyl/N-ethyl adjacent to an activating group) is 1. The van der Waals surface area contributed by atoms with Crippen LogP contribution in [-0.4, -0.2) is 51.4 Å². The van der Waals surface area contributed by atoms with Crippen LogP contribution < -0.4 is 0 Å². The summed E-state index contributed by atoms with van der Waals surface area (Å²) in [6.45, 7) is 2.50. The summed E-state index contributed by atoms with van der Waals surface area (Å²) in [6, 6.07) is 7.07. The van der Waals surface area contributed by atoms with Gasteiger partial charge in [0.1, 0.15) is 5.75 Å². The molecule has 1 aliphatic carbocycles. The average molecular weight is 344 g/mol. The van der Waals surface area contributed by atoms with Crippen LogP contribution in [0.15, 0.2) is 24.4 Å². The Kier molecular flexibility index (Phi) is 4.19. The maximum Gasteiger partial charge on any atom is 0.178 e. The molecule has 4 atom stereocenters. The van der Waals surface area contributed by atoms with E-state index in [0.717, 1.165) is 19.4 Å². The predicted octanol–water partition coefficient (Wildman–Crippen LogP) is 2.47. The van der Waals surface area contributed by atoms with Crippen molar-refractivity contribution >= 4 is 27.9 Å². The number of nitrogens with zero attached hydrogens (tertiary/aromatic N) is 1. The molecule has 4 nitrogen and oxygen atoms in total. The Balaban J connectivity index is 1.60. The molecule has 2 aromatic rings. The molecule has 1 saturated heterocycles. The van der Waals surface area contributed by atoms with Crippen LogP contribution in [0, 0.1) is 5.92 Å². The first-order chi connectivity index (χ1) is 11.5. The van der Waals surface area contributed by atoms with E-state index in [1.54, 1.807) is 0 Å². The lowest BCUT2D eigenvalue weighted by Crippen LogP contribution is -2.49. The summed E-state index contributed by atoms with van der Waals surface area (Å²) in [4.78, 5) is 17.1. The molecule has 1 N–H and O–H groups in total. The lowest BCUT2D eigenvalue weighted by Gasteiger charge is -2.45. The van der Waals surface area contributed by atoms with E-state index in [0.29, 0.717) is 23.6 Å². The number of Topliss-reactive ketones (excluding diaryl/α,β-unsaturated/α-hetero) is 1. The summed E-state index contributed by atoms with van der Waals surface area (Å²) in [5.41, 5.74) is 4.09. The highest BCUT2D eigenvalue weighted by molar-refractivity contribution is 7.92. The van der Waals surface area contributed by atoms with E-state index in [1.807, 2.05) is 0 Å². The van der Waals surface area contributed by atoms with Crippen LogP contribution in [0.2, 0.25) is 0 Å². The van der Waals surface area contributed by atoms with Gasteiger partial charge in [-0.25, -0.2) is 0 Å². The Labute approximate surface area is 145 Å². The van der Waals surface area contributed by atoms with Crippen molar-refractivity contribution in [2.75, 3.05) is 25.1 Å². The van der Waals surface area contributed by atoms with Crippen LogP contribution in [0.1, 0.15) is 30.4 Å². The molecule has 1 fully saturated rings. The Morgan fingerprint density at radius 1 is 1.46 bits per heavy atom. The highest BCUT2D eigenvalue weighted by Gasteiger charge is 2.40. The van der Waals surface area contributed by atoms with Gasteiger partial charge in [0.15, 0.2) is 11.5 Å². The zero-order valence-electron chi connectivity index (χ0n) is 14.2. The maximum atomic E-state index is 12.2. The van der Waals surface area contributed by atoms with Gasteiger partial charge in [-0.2, -0.15) is 0 Å². The van der Waals surface area contributed by atoms with Crippen LogP contribution in [0.4, 0.5) is 0 Å². The number of nitrogens with one attached hydrogen (secondary N) is 1. The number of hydrogen-bond acceptors (Lipinski definition) is 3. The number of likely N-dealkylation sites (tertiary alicyclic amines) is 1. The quantitative estimate of drug-likeness (QED) is 0.867. The molecule has 0 radical (unpaired) electrons. The first-order valence-corrected chi connectivity index (χ1v) is 10.1. The second-order valence-electron chi connectivity index (χ2n) is 7.46. The van der Waals surface area contributed by atoms with E-state index in [1.165, 1.54) is 29.0 Å². The van der Waals surface area contributed by atoms with Crippen molar-refractivity contribution in [2.24, 2.45) is 5.92 Å². The van der Waals surface area contributed by atoms with E-state index in [-0.39, 0.29) is 11.5 Å². The topological polar surface area (TPSA) is 59.2 Å². The second kappa shape index (κ2) is 6.21. The fourth-order valence-corrected chi connectivity index (χ4v) is 6.06. The first kappa shape index (κ1) is 16.2. The highest BCUT2D eigenvalue weighted by Crippen LogP contribution is 2.44. The Morgan fingerprint density at radius 2 is 2.29 bits per heavy atom. The van der Waals surface area contributed by atoms with Crippen LogP contribution in [0.25, 0.3) is 10.9 Å². The third-order valence-electron chi connectivity index (χ3n) is 5.60. The summed E-state index contributed by atoms with van der Waals surface area (Å²) in [6.07, 6.45) is 4.32. The average Bonchev–Trinajstić information content (AvgIpc) is 2.92.